The van der Waals surface area contributed by atoms with Gasteiger partial charge in [0.1, 0.15) is 5.75 Å². The number of nitrogen functional groups attached to an aromatic ring is 1. The van der Waals surface area contributed by atoms with Crippen molar-refractivity contribution < 1.29 is 4.74 Å². The summed E-state index contributed by atoms with van der Waals surface area (Å²) in [5, 5.41) is 2.08. The highest BCUT2D eigenvalue weighted by Crippen LogP contribution is 2.23. The molecule has 2 nitrogen and oxygen atoms in total. The Morgan fingerprint density at radius 3 is 2.80 bits per heavy atom. The van der Waals surface area contributed by atoms with Crippen LogP contribution in [0, 0.1) is 0 Å². The first-order valence-corrected chi connectivity index (χ1v) is 5.62. The molecule has 15 heavy (non-hydrogen) atoms. The minimum Gasteiger partial charge on any atom is -0.497 e. The Balaban J connectivity index is 2.22. The fraction of sp³-hybridized carbons (Fsp3) is 0.167. The maximum Gasteiger partial charge on any atom is 0.120 e. The summed E-state index contributed by atoms with van der Waals surface area (Å²) in [6.07, 6.45) is 0.896. The van der Waals surface area contributed by atoms with E-state index in [2.05, 4.69) is 17.5 Å². The smallest absolute Gasteiger partial charge is 0.120 e. The van der Waals surface area contributed by atoms with Crippen molar-refractivity contribution >= 4 is 17.0 Å². The van der Waals surface area contributed by atoms with Gasteiger partial charge in [0, 0.05) is 23.1 Å². The standard InChI is InChI=1S/C12H13NOS/c1-14-10-5-4-9(12(13)8-10)7-11-3-2-6-15-11/h2-6,8H,7,13H2,1H3. The molecule has 0 amide bonds. The molecular formula is C12H13NOS. The number of benzene rings is 1. The Labute approximate surface area is 93.3 Å². The molecule has 78 valence electrons. The topological polar surface area (TPSA) is 35.2 Å². The van der Waals surface area contributed by atoms with Crippen molar-refractivity contribution in [3.8, 4) is 5.75 Å². The van der Waals surface area contributed by atoms with Crippen LogP contribution in [-0.4, -0.2) is 7.11 Å². The number of ether oxygens (including phenoxy) is 1. The monoisotopic (exact) mass is 219 g/mol. The largest absolute Gasteiger partial charge is 0.497 e. The van der Waals surface area contributed by atoms with Crippen LogP contribution in [0.1, 0.15) is 10.4 Å². The number of rotatable bonds is 3. The van der Waals surface area contributed by atoms with Crippen LogP contribution < -0.4 is 10.5 Å². The third-order valence-electron chi connectivity index (χ3n) is 2.30. The van der Waals surface area contributed by atoms with E-state index in [0.29, 0.717) is 0 Å². The second-order valence-electron chi connectivity index (χ2n) is 3.32. The quantitative estimate of drug-likeness (QED) is 0.805. The highest BCUT2D eigenvalue weighted by molar-refractivity contribution is 7.09. The molecular weight excluding hydrogens is 206 g/mol. The van der Waals surface area contributed by atoms with Crippen molar-refractivity contribution in [1.29, 1.82) is 0 Å². The van der Waals surface area contributed by atoms with Crippen LogP contribution in [0.15, 0.2) is 35.7 Å². The molecule has 0 bridgehead atoms. The summed E-state index contributed by atoms with van der Waals surface area (Å²) < 4.78 is 5.11. The second-order valence-corrected chi connectivity index (χ2v) is 4.35. The summed E-state index contributed by atoms with van der Waals surface area (Å²) >= 11 is 1.75. The van der Waals surface area contributed by atoms with E-state index < -0.39 is 0 Å². The van der Waals surface area contributed by atoms with E-state index in [4.69, 9.17) is 10.5 Å². The minimum absolute atomic E-state index is 0.794. The molecule has 2 rings (SSSR count). The van der Waals surface area contributed by atoms with E-state index in [1.165, 1.54) is 4.88 Å². The molecule has 0 saturated carbocycles. The van der Waals surface area contributed by atoms with Crippen LogP contribution in [0.5, 0.6) is 5.75 Å². The Morgan fingerprint density at radius 2 is 2.20 bits per heavy atom. The fourth-order valence-corrected chi connectivity index (χ4v) is 2.19. The molecule has 2 aromatic rings. The van der Waals surface area contributed by atoms with Crippen molar-refractivity contribution in [2.75, 3.05) is 12.8 Å². The first kappa shape index (κ1) is 10.1. The van der Waals surface area contributed by atoms with E-state index >= 15 is 0 Å². The lowest BCUT2D eigenvalue weighted by molar-refractivity contribution is 0.415. The third kappa shape index (κ3) is 2.30. The van der Waals surface area contributed by atoms with Gasteiger partial charge in [0.25, 0.3) is 0 Å². The molecule has 0 aliphatic rings. The molecule has 2 N–H and O–H groups in total. The first-order chi connectivity index (χ1) is 7.29. The van der Waals surface area contributed by atoms with Gasteiger partial charge in [-0.25, -0.2) is 0 Å². The summed E-state index contributed by atoms with van der Waals surface area (Å²) in [6, 6.07) is 10.0. The Kier molecular flexibility index (Phi) is 2.92. The third-order valence-corrected chi connectivity index (χ3v) is 3.17. The maximum absolute atomic E-state index is 5.94. The van der Waals surface area contributed by atoms with Gasteiger partial charge in [0.2, 0.25) is 0 Å². The lowest BCUT2D eigenvalue weighted by atomic mass is 10.1. The van der Waals surface area contributed by atoms with Gasteiger partial charge in [-0.1, -0.05) is 12.1 Å². The van der Waals surface area contributed by atoms with Crippen LogP contribution in [0.4, 0.5) is 5.69 Å². The zero-order valence-corrected chi connectivity index (χ0v) is 9.38. The molecule has 1 heterocycles. The molecule has 3 heteroatoms. The lowest BCUT2D eigenvalue weighted by Crippen LogP contribution is -1.95. The van der Waals surface area contributed by atoms with Gasteiger partial charge in [-0.2, -0.15) is 0 Å². The zero-order valence-electron chi connectivity index (χ0n) is 8.57. The van der Waals surface area contributed by atoms with Gasteiger partial charge < -0.3 is 10.5 Å². The summed E-state index contributed by atoms with van der Waals surface area (Å²) in [7, 11) is 1.65. The second kappa shape index (κ2) is 4.36. The zero-order chi connectivity index (χ0) is 10.7. The van der Waals surface area contributed by atoms with Gasteiger partial charge in [0.15, 0.2) is 0 Å². The molecule has 0 atom stereocenters. The summed E-state index contributed by atoms with van der Waals surface area (Å²) in [5.41, 5.74) is 7.88. The number of hydrogen-bond donors (Lipinski definition) is 1. The van der Waals surface area contributed by atoms with Crippen molar-refractivity contribution in [1.82, 2.24) is 0 Å². The average Bonchev–Trinajstić information content (AvgIpc) is 2.74. The van der Waals surface area contributed by atoms with E-state index in [1.807, 2.05) is 18.2 Å². The number of hydrogen-bond acceptors (Lipinski definition) is 3. The average molecular weight is 219 g/mol. The van der Waals surface area contributed by atoms with E-state index in [1.54, 1.807) is 18.4 Å². The SMILES string of the molecule is COc1ccc(Cc2cccs2)c(N)c1. The molecule has 1 aromatic heterocycles. The molecule has 0 spiro atoms. The fourth-order valence-electron chi connectivity index (χ4n) is 1.46. The molecule has 1 aromatic carbocycles. The number of nitrogens with two attached hydrogens (primary N) is 1. The molecule has 0 radical (unpaired) electrons. The van der Waals surface area contributed by atoms with E-state index in [9.17, 15) is 0 Å². The highest BCUT2D eigenvalue weighted by Gasteiger charge is 2.03. The number of anilines is 1. The van der Waals surface area contributed by atoms with E-state index in [0.717, 1.165) is 23.4 Å². The predicted molar refractivity (Wildman–Crippen MR) is 64.5 cm³/mol. The highest BCUT2D eigenvalue weighted by atomic mass is 32.1. The summed E-state index contributed by atoms with van der Waals surface area (Å²) in [6.45, 7) is 0. The maximum atomic E-state index is 5.94. The summed E-state index contributed by atoms with van der Waals surface area (Å²) in [5.74, 6) is 0.808. The van der Waals surface area contributed by atoms with Gasteiger partial charge in [-0.15, -0.1) is 11.3 Å². The normalized spacial score (nSPS) is 10.2. The lowest BCUT2D eigenvalue weighted by Gasteiger charge is -2.06. The van der Waals surface area contributed by atoms with Crippen LogP contribution in [0.25, 0.3) is 0 Å². The molecule has 0 aliphatic heterocycles. The van der Waals surface area contributed by atoms with Crippen LogP contribution in [0.3, 0.4) is 0 Å². The first-order valence-electron chi connectivity index (χ1n) is 4.74. The van der Waals surface area contributed by atoms with Crippen molar-refractivity contribution in [2.24, 2.45) is 0 Å². The predicted octanol–water partition coefficient (Wildman–Crippen LogP) is 2.93. The number of methoxy groups -OCH3 is 1. The van der Waals surface area contributed by atoms with Gasteiger partial charge in [-0.3, -0.25) is 0 Å². The number of thiophene rings is 1. The van der Waals surface area contributed by atoms with E-state index in [-0.39, 0.29) is 0 Å². The summed E-state index contributed by atoms with van der Waals surface area (Å²) in [4.78, 5) is 1.33. The Hall–Kier alpha value is -1.48. The van der Waals surface area contributed by atoms with Gasteiger partial charge in [-0.05, 0) is 23.1 Å². The molecule has 0 saturated heterocycles. The van der Waals surface area contributed by atoms with Gasteiger partial charge >= 0.3 is 0 Å². The van der Waals surface area contributed by atoms with Crippen LogP contribution in [-0.2, 0) is 6.42 Å². The Bertz CT molecular complexity index is 437. The van der Waals surface area contributed by atoms with Crippen LogP contribution >= 0.6 is 11.3 Å². The molecule has 0 unspecified atom stereocenters. The Morgan fingerprint density at radius 1 is 1.33 bits per heavy atom. The van der Waals surface area contributed by atoms with Crippen molar-refractivity contribution in [3.63, 3.8) is 0 Å². The van der Waals surface area contributed by atoms with Gasteiger partial charge in [0.05, 0.1) is 7.11 Å². The molecule has 0 fully saturated rings. The minimum atomic E-state index is 0.794. The molecule has 0 aliphatic carbocycles. The van der Waals surface area contributed by atoms with Crippen molar-refractivity contribution in [2.45, 2.75) is 6.42 Å². The van der Waals surface area contributed by atoms with Crippen LogP contribution in [0.2, 0.25) is 0 Å². The van der Waals surface area contributed by atoms with Crippen molar-refractivity contribution in [3.05, 3.63) is 46.2 Å².